The molecule has 0 saturated carbocycles. The van der Waals surface area contributed by atoms with Crippen LogP contribution in [0.3, 0.4) is 0 Å². The molecule has 2 rings (SSSR count). The van der Waals surface area contributed by atoms with Crippen molar-refractivity contribution < 1.29 is 4.79 Å². The predicted octanol–water partition coefficient (Wildman–Crippen LogP) is 5.47. The lowest BCUT2D eigenvalue weighted by Crippen LogP contribution is -2.13. The largest absolute Gasteiger partial charge is 0.322 e. The number of halogens is 2. The van der Waals surface area contributed by atoms with Crippen LogP contribution < -0.4 is 5.32 Å². The highest BCUT2D eigenvalue weighted by Gasteiger charge is 2.12. The molecule has 2 nitrogen and oxygen atoms in total. The van der Waals surface area contributed by atoms with Crippen molar-refractivity contribution in [2.45, 2.75) is 18.7 Å². The highest BCUT2D eigenvalue weighted by Crippen LogP contribution is 2.29. The summed E-state index contributed by atoms with van der Waals surface area (Å²) < 4.78 is 0.937. The molecule has 0 aliphatic heterocycles. The van der Waals surface area contributed by atoms with E-state index in [-0.39, 0.29) is 10.7 Å². The minimum atomic E-state index is -0.105. The Labute approximate surface area is 135 Å². The fourth-order valence-electron chi connectivity index (χ4n) is 1.89. The van der Waals surface area contributed by atoms with Gasteiger partial charge in [0, 0.05) is 20.6 Å². The lowest BCUT2D eigenvalue weighted by Gasteiger charge is -2.13. The van der Waals surface area contributed by atoms with Gasteiger partial charge in [0.05, 0.1) is 0 Å². The first-order valence-corrected chi connectivity index (χ1v) is 8.00. The van der Waals surface area contributed by atoms with Crippen LogP contribution in [0.15, 0.2) is 46.9 Å². The molecule has 0 saturated heterocycles. The second-order valence-corrected chi connectivity index (χ2v) is 6.85. The Balaban J connectivity index is 2.26. The van der Waals surface area contributed by atoms with E-state index in [0.29, 0.717) is 5.56 Å². The van der Waals surface area contributed by atoms with Crippen LogP contribution in [0.1, 0.15) is 33.2 Å². The molecule has 20 heavy (non-hydrogen) atoms. The van der Waals surface area contributed by atoms with E-state index in [1.807, 2.05) is 56.3 Å². The number of nitrogens with one attached hydrogen (secondary N) is 1. The Kier molecular flexibility index (Phi) is 5.00. The van der Waals surface area contributed by atoms with E-state index in [2.05, 4.69) is 37.2 Å². The third kappa shape index (κ3) is 3.49. The summed E-state index contributed by atoms with van der Waals surface area (Å²) in [5.41, 5.74) is 3.64. The highest BCUT2D eigenvalue weighted by atomic mass is 79.9. The quantitative estimate of drug-likeness (QED) is 0.685. The molecule has 0 aliphatic carbocycles. The molecule has 0 fully saturated rings. The summed E-state index contributed by atoms with van der Waals surface area (Å²) in [4.78, 5) is 12.5. The summed E-state index contributed by atoms with van der Waals surface area (Å²) in [6.45, 7) is 4.03. The van der Waals surface area contributed by atoms with Gasteiger partial charge in [-0.15, -0.1) is 0 Å². The van der Waals surface area contributed by atoms with Crippen molar-refractivity contribution in [3.8, 4) is 0 Å². The molecule has 0 bridgehead atoms. The normalized spacial score (nSPS) is 12.0. The van der Waals surface area contributed by atoms with E-state index in [0.717, 1.165) is 21.3 Å². The highest BCUT2D eigenvalue weighted by molar-refractivity contribution is 9.10. The molecule has 1 atom stereocenters. The van der Waals surface area contributed by atoms with Crippen molar-refractivity contribution in [2.75, 3.05) is 5.32 Å². The number of hydrogen-bond donors (Lipinski definition) is 1. The van der Waals surface area contributed by atoms with Gasteiger partial charge in [0.25, 0.3) is 5.91 Å². The number of hydrogen-bond acceptors (Lipinski definition) is 1. The number of benzene rings is 2. The monoisotopic (exact) mass is 395 g/mol. The van der Waals surface area contributed by atoms with E-state index in [1.54, 1.807) is 0 Å². The third-order valence-corrected chi connectivity index (χ3v) is 4.42. The zero-order valence-electron chi connectivity index (χ0n) is 11.3. The Morgan fingerprint density at radius 1 is 1.20 bits per heavy atom. The molecular formula is C16H15Br2NO. The Morgan fingerprint density at radius 3 is 2.55 bits per heavy atom. The average molecular weight is 397 g/mol. The summed E-state index contributed by atoms with van der Waals surface area (Å²) in [6, 6.07) is 13.4. The van der Waals surface area contributed by atoms with Gasteiger partial charge in [0.1, 0.15) is 0 Å². The first-order chi connectivity index (χ1) is 9.49. The second-order valence-electron chi connectivity index (χ2n) is 4.62. The van der Waals surface area contributed by atoms with Crippen molar-refractivity contribution >= 4 is 43.5 Å². The summed E-state index contributed by atoms with van der Waals surface area (Å²) in [6.07, 6.45) is 0. The second kappa shape index (κ2) is 6.55. The fourth-order valence-corrected chi connectivity index (χ4v) is 2.66. The zero-order valence-corrected chi connectivity index (χ0v) is 14.5. The molecule has 1 amide bonds. The number of carbonyl (C=O) groups excluding carboxylic acids is 1. The number of rotatable bonds is 3. The maximum Gasteiger partial charge on any atom is 0.255 e. The smallest absolute Gasteiger partial charge is 0.255 e. The molecule has 1 unspecified atom stereocenters. The lowest BCUT2D eigenvalue weighted by molar-refractivity contribution is 0.102. The minimum absolute atomic E-state index is 0.105. The van der Waals surface area contributed by atoms with Crippen LogP contribution in [-0.2, 0) is 0 Å². The van der Waals surface area contributed by atoms with E-state index in [9.17, 15) is 4.79 Å². The molecule has 2 aromatic rings. The SMILES string of the molecule is Cc1ccc(C(=O)Nc2ccccc2C(C)Br)cc1Br. The third-order valence-electron chi connectivity index (χ3n) is 3.07. The molecule has 0 heterocycles. The topological polar surface area (TPSA) is 29.1 Å². The van der Waals surface area contributed by atoms with Crippen molar-refractivity contribution in [2.24, 2.45) is 0 Å². The molecule has 2 aromatic carbocycles. The first kappa shape index (κ1) is 15.3. The van der Waals surface area contributed by atoms with E-state index in [4.69, 9.17) is 0 Å². The maximum absolute atomic E-state index is 12.3. The van der Waals surface area contributed by atoms with Crippen LogP contribution in [0.25, 0.3) is 0 Å². The first-order valence-electron chi connectivity index (χ1n) is 6.29. The molecule has 0 aromatic heterocycles. The summed E-state index contributed by atoms with van der Waals surface area (Å²) >= 11 is 6.99. The van der Waals surface area contributed by atoms with E-state index in [1.165, 1.54) is 0 Å². The van der Waals surface area contributed by atoms with Gasteiger partial charge < -0.3 is 5.32 Å². The van der Waals surface area contributed by atoms with Gasteiger partial charge in [0.2, 0.25) is 0 Å². The van der Waals surface area contributed by atoms with Crippen molar-refractivity contribution in [3.05, 3.63) is 63.6 Å². The number of carbonyl (C=O) groups is 1. The van der Waals surface area contributed by atoms with E-state index < -0.39 is 0 Å². The van der Waals surface area contributed by atoms with E-state index >= 15 is 0 Å². The lowest BCUT2D eigenvalue weighted by atomic mass is 10.1. The number of anilines is 1. The van der Waals surface area contributed by atoms with Gasteiger partial charge in [0.15, 0.2) is 0 Å². The maximum atomic E-state index is 12.3. The summed E-state index contributed by atoms with van der Waals surface area (Å²) in [5.74, 6) is -0.105. The van der Waals surface area contributed by atoms with Gasteiger partial charge in [-0.05, 0) is 43.2 Å². The fraction of sp³-hybridized carbons (Fsp3) is 0.188. The van der Waals surface area contributed by atoms with Crippen LogP contribution in [0.2, 0.25) is 0 Å². The van der Waals surface area contributed by atoms with Crippen LogP contribution in [0.4, 0.5) is 5.69 Å². The molecule has 0 aliphatic rings. The van der Waals surface area contributed by atoms with Gasteiger partial charge in [-0.25, -0.2) is 0 Å². The van der Waals surface area contributed by atoms with Crippen LogP contribution >= 0.6 is 31.9 Å². The number of amides is 1. The van der Waals surface area contributed by atoms with Crippen molar-refractivity contribution in [3.63, 3.8) is 0 Å². The number of alkyl halides is 1. The van der Waals surface area contributed by atoms with Crippen molar-refractivity contribution in [1.82, 2.24) is 0 Å². The number of aryl methyl sites for hydroxylation is 1. The Morgan fingerprint density at radius 2 is 1.90 bits per heavy atom. The van der Waals surface area contributed by atoms with Gasteiger partial charge in [-0.2, -0.15) is 0 Å². The van der Waals surface area contributed by atoms with Crippen molar-refractivity contribution in [1.29, 1.82) is 0 Å². The summed E-state index contributed by atoms with van der Waals surface area (Å²) in [5, 5.41) is 2.97. The van der Waals surface area contributed by atoms with Gasteiger partial charge in [-0.1, -0.05) is 56.1 Å². The average Bonchev–Trinajstić information content (AvgIpc) is 2.42. The number of para-hydroxylation sites is 1. The zero-order chi connectivity index (χ0) is 14.7. The molecule has 1 N–H and O–H groups in total. The molecular weight excluding hydrogens is 382 g/mol. The Hall–Kier alpha value is -1.13. The Bertz CT molecular complexity index is 638. The van der Waals surface area contributed by atoms with Crippen LogP contribution in [0, 0.1) is 6.92 Å². The predicted molar refractivity (Wildman–Crippen MR) is 90.6 cm³/mol. The minimum Gasteiger partial charge on any atom is -0.322 e. The molecule has 104 valence electrons. The van der Waals surface area contributed by atoms with Gasteiger partial charge >= 0.3 is 0 Å². The van der Waals surface area contributed by atoms with Crippen LogP contribution in [0.5, 0.6) is 0 Å². The molecule has 0 spiro atoms. The standard InChI is InChI=1S/C16H15Br2NO/c1-10-7-8-12(9-14(10)18)16(20)19-15-6-4-3-5-13(15)11(2)17/h3-9,11H,1-2H3,(H,19,20). The summed E-state index contributed by atoms with van der Waals surface area (Å²) in [7, 11) is 0. The van der Waals surface area contributed by atoms with Crippen LogP contribution in [-0.4, -0.2) is 5.91 Å². The molecule has 0 radical (unpaired) electrons. The molecule has 4 heteroatoms. The van der Waals surface area contributed by atoms with Gasteiger partial charge in [-0.3, -0.25) is 4.79 Å².